The second-order valence-electron chi connectivity index (χ2n) is 6.64. The van der Waals surface area contributed by atoms with Crippen molar-refractivity contribution in [2.75, 3.05) is 11.9 Å². The largest absolute Gasteiger partial charge is 0.467 e. The maximum atomic E-state index is 13.0. The van der Waals surface area contributed by atoms with Crippen molar-refractivity contribution in [2.24, 2.45) is 5.92 Å². The van der Waals surface area contributed by atoms with Crippen LogP contribution >= 0.6 is 11.6 Å². The molecule has 0 unspecified atom stereocenters. The fourth-order valence-corrected chi connectivity index (χ4v) is 3.13. The van der Waals surface area contributed by atoms with Crippen LogP contribution < -0.4 is 5.32 Å². The number of hydrogen-bond donors (Lipinski definition) is 1. The Morgan fingerprint density at radius 2 is 2.00 bits per heavy atom. The monoisotopic (exact) mass is 414 g/mol. The van der Waals surface area contributed by atoms with Crippen molar-refractivity contribution in [2.45, 2.75) is 32.0 Å². The van der Waals surface area contributed by atoms with Gasteiger partial charge >= 0.3 is 6.18 Å². The molecule has 0 bridgehead atoms. The van der Waals surface area contributed by atoms with Gasteiger partial charge in [-0.3, -0.25) is 9.59 Å². The van der Waals surface area contributed by atoms with Crippen LogP contribution in [0.1, 0.15) is 30.6 Å². The van der Waals surface area contributed by atoms with Crippen LogP contribution in [-0.4, -0.2) is 23.3 Å². The number of alkyl halides is 3. The Hall–Kier alpha value is -2.48. The lowest BCUT2D eigenvalue weighted by atomic mass is 9.84. The van der Waals surface area contributed by atoms with Gasteiger partial charge in [0, 0.05) is 11.6 Å². The summed E-state index contributed by atoms with van der Waals surface area (Å²) in [5.74, 6) is -0.374. The first-order chi connectivity index (χ1) is 13.2. The summed E-state index contributed by atoms with van der Waals surface area (Å²) in [4.78, 5) is 26.3. The minimum atomic E-state index is -4.64. The van der Waals surface area contributed by atoms with Gasteiger partial charge in [0.2, 0.25) is 11.8 Å². The van der Waals surface area contributed by atoms with E-state index in [1.165, 1.54) is 17.2 Å². The molecule has 1 heterocycles. The van der Waals surface area contributed by atoms with Gasteiger partial charge < -0.3 is 14.6 Å². The van der Waals surface area contributed by atoms with E-state index in [1.807, 2.05) is 0 Å². The fourth-order valence-electron chi connectivity index (χ4n) is 2.91. The minimum Gasteiger partial charge on any atom is -0.467 e. The maximum Gasteiger partial charge on any atom is 0.417 e. The minimum absolute atomic E-state index is 0.0456. The molecule has 2 aromatic rings. The van der Waals surface area contributed by atoms with E-state index in [0.29, 0.717) is 5.76 Å². The third-order valence-electron chi connectivity index (χ3n) is 4.58. The van der Waals surface area contributed by atoms with Crippen molar-refractivity contribution in [3.63, 3.8) is 0 Å². The Morgan fingerprint density at radius 1 is 1.25 bits per heavy atom. The van der Waals surface area contributed by atoms with E-state index in [0.717, 1.165) is 31.4 Å². The summed E-state index contributed by atoms with van der Waals surface area (Å²) < 4.78 is 44.1. The first-order valence-electron chi connectivity index (χ1n) is 8.72. The zero-order valence-electron chi connectivity index (χ0n) is 14.8. The number of nitrogens with one attached hydrogen (secondary N) is 1. The summed E-state index contributed by atoms with van der Waals surface area (Å²) in [6.45, 7) is -0.176. The highest BCUT2D eigenvalue weighted by Crippen LogP contribution is 2.36. The normalized spacial score (nSPS) is 14.4. The Morgan fingerprint density at radius 3 is 2.57 bits per heavy atom. The molecule has 0 spiro atoms. The van der Waals surface area contributed by atoms with E-state index < -0.39 is 22.7 Å². The molecular formula is C19H18ClF3N2O3. The number of anilines is 1. The molecule has 1 N–H and O–H groups in total. The lowest BCUT2D eigenvalue weighted by Crippen LogP contribution is -2.42. The van der Waals surface area contributed by atoms with Crippen LogP contribution in [0.15, 0.2) is 41.0 Å². The Balaban J connectivity index is 1.70. The van der Waals surface area contributed by atoms with Crippen LogP contribution in [0.4, 0.5) is 18.9 Å². The molecule has 2 amide bonds. The van der Waals surface area contributed by atoms with E-state index in [1.54, 1.807) is 12.1 Å². The van der Waals surface area contributed by atoms with Gasteiger partial charge in [-0.2, -0.15) is 13.2 Å². The molecule has 1 aromatic heterocycles. The summed E-state index contributed by atoms with van der Waals surface area (Å²) in [6.07, 6.45) is -0.679. The molecule has 28 heavy (non-hydrogen) atoms. The second kappa shape index (κ2) is 8.26. The van der Waals surface area contributed by atoms with Crippen molar-refractivity contribution in [3.8, 4) is 0 Å². The quantitative estimate of drug-likeness (QED) is 0.744. The molecule has 1 fully saturated rings. The highest BCUT2D eigenvalue weighted by atomic mass is 35.5. The first kappa shape index (κ1) is 20.3. The molecule has 5 nitrogen and oxygen atoms in total. The molecule has 0 radical (unpaired) electrons. The molecule has 1 aliphatic carbocycles. The van der Waals surface area contributed by atoms with E-state index in [-0.39, 0.29) is 30.6 Å². The molecular weight excluding hydrogens is 397 g/mol. The highest BCUT2D eigenvalue weighted by Gasteiger charge is 2.34. The SMILES string of the molecule is O=C(CN(Cc1ccco1)C(=O)C1CCC1)Nc1ccc(Cl)c(C(F)(F)F)c1. The molecule has 1 saturated carbocycles. The zero-order valence-corrected chi connectivity index (χ0v) is 15.5. The number of furan rings is 1. The predicted octanol–water partition coefficient (Wildman–Crippen LogP) is 4.72. The maximum absolute atomic E-state index is 13.0. The molecule has 1 aromatic carbocycles. The van der Waals surface area contributed by atoms with Gasteiger partial charge in [0.05, 0.1) is 23.4 Å². The summed E-state index contributed by atoms with van der Waals surface area (Å²) in [5, 5.41) is 1.95. The Kier molecular flexibility index (Phi) is 5.98. The summed E-state index contributed by atoms with van der Waals surface area (Å²) in [7, 11) is 0. The molecule has 0 aliphatic heterocycles. The standard InChI is InChI=1S/C19H18ClF3N2O3/c20-16-7-6-13(9-15(16)19(21,22)23)24-17(26)11-25(10-14-5-2-8-28-14)18(27)12-3-1-4-12/h2,5-9,12H,1,3-4,10-11H2,(H,24,26). The first-order valence-corrected chi connectivity index (χ1v) is 9.09. The lowest BCUT2D eigenvalue weighted by Gasteiger charge is -2.30. The smallest absolute Gasteiger partial charge is 0.417 e. The van der Waals surface area contributed by atoms with E-state index in [4.69, 9.17) is 16.0 Å². The zero-order chi connectivity index (χ0) is 20.3. The average molecular weight is 415 g/mol. The fraction of sp³-hybridized carbons (Fsp3) is 0.368. The number of carbonyl (C=O) groups is 2. The summed E-state index contributed by atoms with van der Waals surface area (Å²) in [6, 6.07) is 6.48. The third-order valence-corrected chi connectivity index (χ3v) is 4.91. The van der Waals surface area contributed by atoms with Gasteiger partial charge in [-0.15, -0.1) is 0 Å². The molecule has 0 saturated heterocycles. The lowest BCUT2D eigenvalue weighted by molar-refractivity contribution is -0.141. The molecule has 9 heteroatoms. The van der Waals surface area contributed by atoms with Gasteiger partial charge in [-0.25, -0.2) is 0 Å². The predicted molar refractivity (Wildman–Crippen MR) is 96.5 cm³/mol. The molecule has 1 aliphatic rings. The summed E-state index contributed by atoms with van der Waals surface area (Å²) >= 11 is 5.58. The van der Waals surface area contributed by atoms with Crippen LogP contribution in [0, 0.1) is 5.92 Å². The van der Waals surface area contributed by atoms with E-state index >= 15 is 0 Å². The Labute approximate surface area is 164 Å². The van der Waals surface area contributed by atoms with Crippen LogP contribution in [0.5, 0.6) is 0 Å². The third kappa shape index (κ3) is 4.86. The number of rotatable bonds is 6. The van der Waals surface area contributed by atoms with Crippen molar-refractivity contribution < 1.29 is 27.2 Å². The van der Waals surface area contributed by atoms with Crippen molar-refractivity contribution >= 4 is 29.1 Å². The molecule has 3 rings (SSSR count). The van der Waals surface area contributed by atoms with Gasteiger partial charge in [-0.05, 0) is 43.2 Å². The Bertz CT molecular complexity index is 849. The van der Waals surface area contributed by atoms with Gasteiger partial charge in [0.1, 0.15) is 12.3 Å². The number of nitrogens with zero attached hydrogens (tertiary/aromatic N) is 1. The number of benzene rings is 1. The van der Waals surface area contributed by atoms with Crippen molar-refractivity contribution in [1.82, 2.24) is 4.90 Å². The summed E-state index contributed by atoms with van der Waals surface area (Å²) in [5.41, 5.74) is -1.08. The van der Waals surface area contributed by atoms with Crippen molar-refractivity contribution in [3.05, 3.63) is 52.9 Å². The number of hydrogen-bond acceptors (Lipinski definition) is 3. The topological polar surface area (TPSA) is 62.6 Å². The van der Waals surface area contributed by atoms with Crippen molar-refractivity contribution in [1.29, 1.82) is 0 Å². The van der Waals surface area contributed by atoms with E-state index in [2.05, 4.69) is 5.32 Å². The molecule has 0 atom stereocenters. The van der Waals surface area contributed by atoms with Gasteiger partial charge in [0.15, 0.2) is 0 Å². The van der Waals surface area contributed by atoms with Gasteiger partial charge in [-0.1, -0.05) is 18.0 Å². The van der Waals surface area contributed by atoms with Crippen LogP contribution in [0.3, 0.4) is 0 Å². The number of amides is 2. The molecule has 150 valence electrons. The van der Waals surface area contributed by atoms with Crippen LogP contribution in [0.2, 0.25) is 5.02 Å². The second-order valence-corrected chi connectivity index (χ2v) is 7.05. The number of carbonyl (C=O) groups excluding carboxylic acids is 2. The highest BCUT2D eigenvalue weighted by molar-refractivity contribution is 6.31. The van der Waals surface area contributed by atoms with Gasteiger partial charge in [0.25, 0.3) is 0 Å². The van der Waals surface area contributed by atoms with Crippen LogP contribution in [-0.2, 0) is 22.3 Å². The van der Waals surface area contributed by atoms with Crippen LogP contribution in [0.25, 0.3) is 0 Å². The average Bonchev–Trinajstić information content (AvgIpc) is 3.06. The number of halogens is 4. The van der Waals surface area contributed by atoms with E-state index in [9.17, 15) is 22.8 Å².